The third-order valence-electron chi connectivity index (χ3n) is 2.92. The molecule has 0 heterocycles. The van der Waals surface area contributed by atoms with Gasteiger partial charge in [0.2, 0.25) is 10.0 Å². The first-order valence-electron chi connectivity index (χ1n) is 5.94. The number of rotatable bonds is 5. The van der Waals surface area contributed by atoms with Crippen molar-refractivity contribution in [3.63, 3.8) is 0 Å². The van der Waals surface area contributed by atoms with E-state index >= 15 is 0 Å². The van der Waals surface area contributed by atoms with Crippen LogP contribution in [0.15, 0.2) is 29.2 Å². The van der Waals surface area contributed by atoms with Crippen molar-refractivity contribution < 1.29 is 17.9 Å². The molecule has 0 aliphatic heterocycles. The van der Waals surface area contributed by atoms with Crippen LogP contribution in [-0.2, 0) is 25.0 Å². The Hall–Kier alpha value is -1.91. The largest absolute Gasteiger partial charge is 0.465 e. The summed E-state index contributed by atoms with van der Waals surface area (Å²) in [6, 6.07) is 7.47. The van der Waals surface area contributed by atoms with Crippen LogP contribution >= 0.6 is 0 Å². The summed E-state index contributed by atoms with van der Waals surface area (Å²) >= 11 is 0. The molecule has 0 fully saturated rings. The smallest absolute Gasteiger partial charge is 0.330 e. The van der Waals surface area contributed by atoms with E-state index in [-0.39, 0.29) is 11.5 Å². The molecule has 0 amide bonds. The molecule has 0 aromatic heterocycles. The average molecular weight is 296 g/mol. The van der Waals surface area contributed by atoms with E-state index in [0.717, 1.165) is 0 Å². The van der Waals surface area contributed by atoms with Crippen LogP contribution < -0.4 is 4.72 Å². The highest BCUT2D eigenvalue weighted by Gasteiger charge is 2.37. The second-order valence-corrected chi connectivity index (χ2v) is 6.08. The minimum atomic E-state index is -3.55. The first-order chi connectivity index (χ1) is 9.31. The lowest BCUT2D eigenvalue weighted by Gasteiger charge is -2.20. The van der Waals surface area contributed by atoms with Gasteiger partial charge in [-0.3, -0.25) is 0 Å². The molecule has 0 radical (unpaired) electrons. The van der Waals surface area contributed by atoms with Crippen molar-refractivity contribution in [2.24, 2.45) is 0 Å². The summed E-state index contributed by atoms with van der Waals surface area (Å²) in [5, 5.41) is 9.23. The number of carbonyl (C=O) groups excluding carboxylic acids is 1. The maximum absolute atomic E-state index is 11.9. The van der Waals surface area contributed by atoms with Gasteiger partial charge < -0.3 is 4.74 Å². The van der Waals surface area contributed by atoms with E-state index in [2.05, 4.69) is 4.72 Å². The zero-order valence-corrected chi connectivity index (χ0v) is 12.3. The molecule has 6 nitrogen and oxygen atoms in total. The summed E-state index contributed by atoms with van der Waals surface area (Å²) in [5.74, 6) is -0.660. The highest BCUT2D eigenvalue weighted by Crippen LogP contribution is 2.26. The highest BCUT2D eigenvalue weighted by molar-refractivity contribution is 7.89. The second kappa shape index (κ2) is 6.03. The molecular formula is C13H16N2O4S. The Labute approximate surface area is 118 Å². The predicted molar refractivity (Wildman–Crippen MR) is 72.3 cm³/mol. The second-order valence-electron chi connectivity index (χ2n) is 4.19. The van der Waals surface area contributed by atoms with Gasteiger partial charge in [0.1, 0.15) is 0 Å². The maximum Gasteiger partial charge on any atom is 0.330 e. The van der Waals surface area contributed by atoms with Crippen LogP contribution in [0.25, 0.3) is 0 Å². The number of ether oxygens (including phenoxy) is 1. The van der Waals surface area contributed by atoms with Gasteiger partial charge in [-0.15, -0.1) is 0 Å². The van der Waals surface area contributed by atoms with Gasteiger partial charge >= 0.3 is 5.97 Å². The molecule has 0 spiro atoms. The minimum Gasteiger partial charge on any atom is -0.465 e. The van der Waals surface area contributed by atoms with E-state index in [9.17, 15) is 18.5 Å². The Balaban J connectivity index is 3.21. The number of nitrogens with one attached hydrogen (secondary N) is 1. The fourth-order valence-corrected chi connectivity index (χ4v) is 2.32. The van der Waals surface area contributed by atoms with Gasteiger partial charge in [-0.25, -0.2) is 17.9 Å². The van der Waals surface area contributed by atoms with E-state index in [0.29, 0.717) is 5.56 Å². The van der Waals surface area contributed by atoms with E-state index in [1.54, 1.807) is 6.92 Å². The fourth-order valence-electron chi connectivity index (χ4n) is 1.59. The van der Waals surface area contributed by atoms with Crippen molar-refractivity contribution in [3.05, 3.63) is 29.8 Å². The molecule has 0 saturated heterocycles. The fraction of sp³-hybridized carbons (Fsp3) is 0.385. The van der Waals surface area contributed by atoms with E-state index in [4.69, 9.17) is 4.74 Å². The van der Waals surface area contributed by atoms with Crippen LogP contribution in [0.2, 0.25) is 0 Å². The molecule has 0 bridgehead atoms. The lowest BCUT2D eigenvalue weighted by Crippen LogP contribution is -2.33. The van der Waals surface area contributed by atoms with E-state index in [1.165, 1.54) is 38.2 Å². The highest BCUT2D eigenvalue weighted by atomic mass is 32.2. The van der Waals surface area contributed by atoms with Gasteiger partial charge in [-0.1, -0.05) is 12.1 Å². The van der Waals surface area contributed by atoms with Gasteiger partial charge in [0.25, 0.3) is 0 Å². The number of hydrogen-bond acceptors (Lipinski definition) is 5. The van der Waals surface area contributed by atoms with Gasteiger partial charge in [-0.2, -0.15) is 5.26 Å². The summed E-state index contributed by atoms with van der Waals surface area (Å²) in [6.45, 7) is 3.26. The summed E-state index contributed by atoms with van der Waals surface area (Å²) in [6.07, 6.45) is 0. The Morgan fingerprint density at radius 1 is 1.40 bits per heavy atom. The van der Waals surface area contributed by atoms with Crippen molar-refractivity contribution in [2.45, 2.75) is 24.2 Å². The quantitative estimate of drug-likeness (QED) is 0.816. The predicted octanol–water partition coefficient (Wildman–Crippen LogP) is 0.939. The monoisotopic (exact) mass is 296 g/mol. The topological polar surface area (TPSA) is 96.3 Å². The van der Waals surface area contributed by atoms with Gasteiger partial charge in [0.05, 0.1) is 17.6 Å². The van der Waals surface area contributed by atoms with Crippen molar-refractivity contribution in [2.75, 3.05) is 13.7 Å². The van der Waals surface area contributed by atoms with Crippen LogP contribution in [0.4, 0.5) is 0 Å². The first kappa shape index (κ1) is 16.1. The summed E-state index contributed by atoms with van der Waals surface area (Å²) in [4.78, 5) is 11.9. The zero-order chi connectivity index (χ0) is 15.4. The van der Waals surface area contributed by atoms with Crippen molar-refractivity contribution in [1.82, 2.24) is 4.72 Å². The van der Waals surface area contributed by atoms with Crippen LogP contribution in [0.1, 0.15) is 19.4 Å². The molecular weight excluding hydrogens is 280 g/mol. The van der Waals surface area contributed by atoms with Gasteiger partial charge in [-0.05, 0) is 38.6 Å². The van der Waals surface area contributed by atoms with Crippen LogP contribution in [0.5, 0.6) is 0 Å². The Morgan fingerprint density at radius 3 is 2.35 bits per heavy atom. The number of benzene rings is 1. The lowest BCUT2D eigenvalue weighted by atomic mass is 9.84. The summed E-state index contributed by atoms with van der Waals surface area (Å²) < 4.78 is 30.3. The number of esters is 1. The third-order valence-corrected chi connectivity index (χ3v) is 4.35. The van der Waals surface area contributed by atoms with Crippen LogP contribution in [0.3, 0.4) is 0 Å². The van der Waals surface area contributed by atoms with Gasteiger partial charge in [0.15, 0.2) is 5.41 Å². The number of sulfonamides is 1. The molecule has 7 heteroatoms. The molecule has 1 rings (SSSR count). The normalized spacial score (nSPS) is 14.1. The molecule has 20 heavy (non-hydrogen) atoms. The minimum absolute atomic E-state index is 0.0629. The molecule has 1 atom stereocenters. The standard InChI is InChI=1S/C13H16N2O4S/c1-4-19-12(16)13(2,9-14)10-5-7-11(8-6-10)20(17,18)15-3/h5-8,15H,4H2,1-3H3. The number of carbonyl (C=O) groups is 1. The molecule has 108 valence electrons. The van der Waals surface area contributed by atoms with E-state index < -0.39 is 21.4 Å². The molecule has 0 saturated carbocycles. The first-order valence-corrected chi connectivity index (χ1v) is 7.42. The summed E-state index contributed by atoms with van der Waals surface area (Å²) in [7, 11) is -2.24. The maximum atomic E-state index is 11.9. The molecule has 0 aliphatic carbocycles. The SMILES string of the molecule is CCOC(=O)C(C)(C#N)c1ccc(S(=O)(=O)NC)cc1. The molecule has 1 aromatic rings. The van der Waals surface area contributed by atoms with Crippen LogP contribution in [0, 0.1) is 11.3 Å². The van der Waals surface area contributed by atoms with Crippen molar-refractivity contribution in [1.29, 1.82) is 5.26 Å². The Bertz CT molecular complexity index is 631. The number of nitriles is 1. The van der Waals surface area contributed by atoms with Crippen molar-refractivity contribution >= 4 is 16.0 Å². The summed E-state index contributed by atoms with van der Waals surface area (Å²) in [5.41, 5.74) is -1.08. The molecule has 1 N–H and O–H groups in total. The Kier molecular flexibility index (Phi) is 4.87. The Morgan fingerprint density at radius 2 is 1.95 bits per heavy atom. The number of nitrogens with zero attached hydrogens (tertiary/aromatic N) is 1. The lowest BCUT2D eigenvalue weighted by molar-refractivity contribution is -0.147. The molecule has 0 aliphatic rings. The van der Waals surface area contributed by atoms with Crippen molar-refractivity contribution in [3.8, 4) is 6.07 Å². The average Bonchev–Trinajstić information content (AvgIpc) is 2.46. The number of hydrogen-bond donors (Lipinski definition) is 1. The third kappa shape index (κ3) is 2.98. The van der Waals surface area contributed by atoms with E-state index in [1.807, 2.05) is 6.07 Å². The molecule has 1 aromatic carbocycles. The molecule has 1 unspecified atom stereocenters. The zero-order valence-electron chi connectivity index (χ0n) is 11.5. The van der Waals surface area contributed by atoms with Crippen LogP contribution in [-0.4, -0.2) is 28.0 Å². The van der Waals surface area contributed by atoms with Gasteiger partial charge in [0, 0.05) is 0 Å².